The van der Waals surface area contributed by atoms with Crippen LogP contribution < -0.4 is 0 Å². The molecule has 0 saturated carbocycles. The SMILES string of the molecule is CC1=C(C)C2=Cc3cnc(-c4cccc5c4oc4nc(C)ccc45)cc3C2C1. The number of para-hydroxylation sites is 1. The Kier molecular flexibility index (Phi) is 3.06. The van der Waals surface area contributed by atoms with Crippen LogP contribution in [0.1, 0.15) is 43.0 Å². The molecule has 0 fully saturated rings. The molecule has 0 radical (unpaired) electrons. The molecule has 0 N–H and O–H groups in total. The fraction of sp³-hybridized carbons (Fsp3) is 0.200. The number of aryl methyl sites for hydroxylation is 1. The van der Waals surface area contributed by atoms with Crippen LogP contribution in [0.3, 0.4) is 0 Å². The largest absolute Gasteiger partial charge is 0.437 e. The van der Waals surface area contributed by atoms with E-state index in [1.165, 1.54) is 27.8 Å². The Bertz CT molecular complexity index is 1370. The van der Waals surface area contributed by atoms with Gasteiger partial charge in [-0.3, -0.25) is 4.98 Å². The normalized spacial score (nSPS) is 18.1. The van der Waals surface area contributed by atoms with Gasteiger partial charge in [0.15, 0.2) is 0 Å². The highest BCUT2D eigenvalue weighted by atomic mass is 16.3. The second-order valence-corrected chi connectivity index (χ2v) is 8.05. The molecule has 0 spiro atoms. The minimum Gasteiger partial charge on any atom is -0.437 e. The Morgan fingerprint density at radius 1 is 1.04 bits per heavy atom. The highest BCUT2D eigenvalue weighted by Gasteiger charge is 2.32. The average molecular weight is 364 g/mol. The molecule has 1 aromatic carbocycles. The molecule has 1 atom stereocenters. The summed E-state index contributed by atoms with van der Waals surface area (Å²) in [5.41, 5.74) is 11.6. The first-order chi connectivity index (χ1) is 13.6. The van der Waals surface area contributed by atoms with Gasteiger partial charge in [0.25, 0.3) is 0 Å². The minimum atomic E-state index is 0.482. The van der Waals surface area contributed by atoms with Crippen molar-refractivity contribution in [2.24, 2.45) is 0 Å². The first-order valence-electron chi connectivity index (χ1n) is 9.77. The van der Waals surface area contributed by atoms with Gasteiger partial charge in [-0.15, -0.1) is 0 Å². The third-order valence-corrected chi connectivity index (χ3v) is 6.39. The van der Waals surface area contributed by atoms with Crippen molar-refractivity contribution in [1.29, 1.82) is 0 Å². The minimum absolute atomic E-state index is 0.482. The van der Waals surface area contributed by atoms with Crippen LogP contribution in [0.2, 0.25) is 0 Å². The predicted molar refractivity (Wildman–Crippen MR) is 113 cm³/mol. The maximum absolute atomic E-state index is 6.19. The summed E-state index contributed by atoms with van der Waals surface area (Å²) in [6, 6.07) is 12.7. The third-order valence-electron chi connectivity index (χ3n) is 6.39. The molecule has 0 aliphatic heterocycles. The van der Waals surface area contributed by atoms with E-state index in [1.807, 2.05) is 19.2 Å². The molecule has 1 unspecified atom stereocenters. The summed E-state index contributed by atoms with van der Waals surface area (Å²) in [4.78, 5) is 9.35. The van der Waals surface area contributed by atoms with Gasteiger partial charge in [-0.05, 0) is 79.8 Å². The lowest BCUT2D eigenvalue weighted by Gasteiger charge is -2.11. The Hall–Kier alpha value is -3.20. The fourth-order valence-electron chi connectivity index (χ4n) is 4.76. The molecule has 3 heteroatoms. The van der Waals surface area contributed by atoms with E-state index in [-0.39, 0.29) is 0 Å². The molecule has 2 aliphatic carbocycles. The number of aromatic nitrogens is 2. The molecule has 0 bridgehead atoms. The average Bonchev–Trinajstić information content (AvgIpc) is 3.32. The first-order valence-corrected chi connectivity index (χ1v) is 9.77. The number of furan rings is 1. The molecule has 3 aromatic heterocycles. The van der Waals surface area contributed by atoms with E-state index in [2.05, 4.69) is 55.2 Å². The fourth-order valence-corrected chi connectivity index (χ4v) is 4.76. The van der Waals surface area contributed by atoms with Gasteiger partial charge in [0.1, 0.15) is 5.58 Å². The van der Waals surface area contributed by atoms with Crippen LogP contribution >= 0.6 is 0 Å². The summed E-state index contributed by atoms with van der Waals surface area (Å²) in [5, 5.41) is 2.15. The number of pyridine rings is 2. The lowest BCUT2D eigenvalue weighted by atomic mass is 9.94. The molecule has 4 aromatic rings. The second kappa shape index (κ2) is 5.41. The zero-order chi connectivity index (χ0) is 19.0. The number of hydrogen-bond donors (Lipinski definition) is 0. The van der Waals surface area contributed by atoms with Gasteiger partial charge in [0.05, 0.1) is 5.69 Å². The van der Waals surface area contributed by atoms with Crippen LogP contribution in [0.5, 0.6) is 0 Å². The first kappa shape index (κ1) is 15.8. The topological polar surface area (TPSA) is 38.9 Å². The maximum Gasteiger partial charge on any atom is 0.227 e. The van der Waals surface area contributed by atoms with E-state index < -0.39 is 0 Å². The van der Waals surface area contributed by atoms with Gasteiger partial charge in [0, 0.05) is 34.1 Å². The summed E-state index contributed by atoms with van der Waals surface area (Å²) in [7, 11) is 0. The standard InChI is InChI=1S/C25H20N2O/c1-13-9-22-20(15(13)3)10-16-12-26-23(11-21(16)22)19-6-4-5-17-18-8-7-14(2)27-25(18)28-24(17)19/h4-8,10-12,22H,9H2,1-3H3. The molecule has 3 nitrogen and oxygen atoms in total. The Morgan fingerprint density at radius 3 is 2.82 bits per heavy atom. The monoisotopic (exact) mass is 364 g/mol. The van der Waals surface area contributed by atoms with E-state index in [0.29, 0.717) is 11.6 Å². The van der Waals surface area contributed by atoms with Crippen LogP contribution in [-0.2, 0) is 0 Å². The molecule has 6 rings (SSSR count). The van der Waals surface area contributed by atoms with Crippen LogP contribution in [0.15, 0.2) is 63.7 Å². The summed E-state index contributed by atoms with van der Waals surface area (Å²) in [5.74, 6) is 0.482. The summed E-state index contributed by atoms with van der Waals surface area (Å²) in [6.07, 6.45) is 5.45. The quantitative estimate of drug-likeness (QED) is 0.383. The number of fused-ring (bicyclic) bond motifs is 6. The molecule has 0 saturated heterocycles. The van der Waals surface area contributed by atoms with Gasteiger partial charge in [-0.25, -0.2) is 4.98 Å². The van der Waals surface area contributed by atoms with Crippen LogP contribution in [-0.4, -0.2) is 9.97 Å². The van der Waals surface area contributed by atoms with E-state index in [9.17, 15) is 0 Å². The van der Waals surface area contributed by atoms with Crippen molar-refractivity contribution in [3.05, 3.63) is 76.1 Å². The Morgan fingerprint density at radius 2 is 1.93 bits per heavy atom. The summed E-state index contributed by atoms with van der Waals surface area (Å²) in [6.45, 7) is 6.48. The molecule has 0 amide bonds. The Balaban J connectivity index is 1.53. The number of nitrogens with zero attached hydrogens (tertiary/aromatic N) is 2. The van der Waals surface area contributed by atoms with Gasteiger partial charge in [-0.2, -0.15) is 0 Å². The summed E-state index contributed by atoms with van der Waals surface area (Å²) < 4.78 is 6.19. The lowest BCUT2D eigenvalue weighted by molar-refractivity contribution is 0.653. The van der Waals surface area contributed by atoms with Crippen molar-refractivity contribution in [2.45, 2.75) is 33.1 Å². The van der Waals surface area contributed by atoms with Gasteiger partial charge >= 0.3 is 0 Å². The number of allylic oxidation sites excluding steroid dienone is 3. The number of hydrogen-bond acceptors (Lipinski definition) is 3. The molecule has 2 aliphatic rings. The molecule has 28 heavy (non-hydrogen) atoms. The third kappa shape index (κ3) is 2.04. The molecular weight excluding hydrogens is 344 g/mol. The van der Waals surface area contributed by atoms with Gasteiger partial charge < -0.3 is 4.42 Å². The Labute approximate surface area is 163 Å². The van der Waals surface area contributed by atoms with Crippen LogP contribution in [0.4, 0.5) is 0 Å². The van der Waals surface area contributed by atoms with Gasteiger partial charge in [0.2, 0.25) is 5.71 Å². The van der Waals surface area contributed by atoms with Crippen molar-refractivity contribution in [3.63, 3.8) is 0 Å². The van der Waals surface area contributed by atoms with Crippen LogP contribution in [0.25, 0.3) is 39.4 Å². The van der Waals surface area contributed by atoms with E-state index >= 15 is 0 Å². The van der Waals surface area contributed by atoms with Crippen molar-refractivity contribution in [1.82, 2.24) is 9.97 Å². The summed E-state index contributed by atoms with van der Waals surface area (Å²) >= 11 is 0. The molecule has 136 valence electrons. The lowest BCUT2D eigenvalue weighted by Crippen LogP contribution is -1.96. The van der Waals surface area contributed by atoms with E-state index in [4.69, 9.17) is 9.40 Å². The molecule has 3 heterocycles. The zero-order valence-corrected chi connectivity index (χ0v) is 16.2. The van der Waals surface area contributed by atoms with E-state index in [0.717, 1.165) is 39.7 Å². The zero-order valence-electron chi connectivity index (χ0n) is 16.2. The van der Waals surface area contributed by atoms with Crippen molar-refractivity contribution < 1.29 is 4.42 Å². The maximum atomic E-state index is 6.19. The van der Waals surface area contributed by atoms with Gasteiger partial charge in [-0.1, -0.05) is 17.7 Å². The predicted octanol–water partition coefficient (Wildman–Crippen LogP) is 6.57. The van der Waals surface area contributed by atoms with Crippen molar-refractivity contribution in [2.75, 3.05) is 0 Å². The number of rotatable bonds is 1. The molecular formula is C25H20N2O. The van der Waals surface area contributed by atoms with E-state index in [1.54, 1.807) is 0 Å². The van der Waals surface area contributed by atoms with Crippen molar-refractivity contribution >= 4 is 28.1 Å². The number of benzene rings is 1. The van der Waals surface area contributed by atoms with Crippen molar-refractivity contribution in [3.8, 4) is 11.3 Å². The van der Waals surface area contributed by atoms with Crippen LogP contribution in [0, 0.1) is 6.92 Å². The smallest absolute Gasteiger partial charge is 0.227 e. The highest BCUT2D eigenvalue weighted by Crippen LogP contribution is 2.50. The second-order valence-electron chi connectivity index (χ2n) is 8.05. The highest BCUT2D eigenvalue weighted by molar-refractivity contribution is 6.08.